The summed E-state index contributed by atoms with van der Waals surface area (Å²) in [5.74, 6) is 3.66. The van der Waals surface area contributed by atoms with Gasteiger partial charge in [0, 0.05) is 19.1 Å². The molecular weight excluding hydrogens is 244 g/mol. The highest BCUT2D eigenvalue weighted by Crippen LogP contribution is 2.29. The van der Waals surface area contributed by atoms with Gasteiger partial charge in [-0.15, -0.1) is 0 Å². The minimum Gasteiger partial charge on any atom is -0.303 e. The molecule has 2 atom stereocenters. The summed E-state index contributed by atoms with van der Waals surface area (Å²) >= 11 is 0. The van der Waals surface area contributed by atoms with Gasteiger partial charge in [0.1, 0.15) is 0 Å². The molecule has 20 heavy (non-hydrogen) atoms. The first-order valence-corrected chi connectivity index (χ1v) is 8.93. The van der Waals surface area contributed by atoms with E-state index in [2.05, 4.69) is 44.4 Å². The lowest BCUT2D eigenvalue weighted by Crippen LogP contribution is -2.47. The highest BCUT2D eigenvalue weighted by Gasteiger charge is 2.30. The van der Waals surface area contributed by atoms with Crippen molar-refractivity contribution in [1.82, 2.24) is 9.80 Å². The molecule has 2 aliphatic heterocycles. The Bertz CT molecular complexity index is 279. The zero-order valence-corrected chi connectivity index (χ0v) is 14.4. The minimum absolute atomic E-state index is 0.722. The van der Waals surface area contributed by atoms with Crippen molar-refractivity contribution in [2.24, 2.45) is 23.7 Å². The molecule has 0 aromatic rings. The smallest absolute Gasteiger partial charge is 0.00387 e. The first-order chi connectivity index (χ1) is 9.47. The summed E-state index contributed by atoms with van der Waals surface area (Å²) in [6.45, 7) is 18.6. The van der Waals surface area contributed by atoms with Crippen molar-refractivity contribution in [3.05, 3.63) is 0 Å². The van der Waals surface area contributed by atoms with E-state index in [1.807, 2.05) is 0 Å². The van der Waals surface area contributed by atoms with Gasteiger partial charge in [0.15, 0.2) is 0 Å². The SMILES string of the molecule is CC(C)C1CCN(CC2CCN(C(C)C)C[C@H]2C)CC1. The third-order valence-electron chi connectivity index (χ3n) is 5.91. The van der Waals surface area contributed by atoms with E-state index in [0.717, 1.165) is 29.7 Å². The average molecular weight is 281 g/mol. The third kappa shape index (κ3) is 4.21. The largest absolute Gasteiger partial charge is 0.303 e. The van der Waals surface area contributed by atoms with Crippen molar-refractivity contribution >= 4 is 0 Å². The van der Waals surface area contributed by atoms with Crippen molar-refractivity contribution in [2.45, 2.75) is 59.9 Å². The van der Waals surface area contributed by atoms with Gasteiger partial charge in [0.25, 0.3) is 0 Å². The van der Waals surface area contributed by atoms with E-state index in [9.17, 15) is 0 Å². The number of hydrogen-bond donors (Lipinski definition) is 0. The standard InChI is InChI=1S/C18H36N2/c1-14(2)17-6-9-19(10-7-17)13-18-8-11-20(15(3)4)12-16(18)5/h14-18H,6-13H2,1-5H3/t16-,18?/m1/s1. The van der Waals surface area contributed by atoms with Crippen LogP contribution in [0, 0.1) is 23.7 Å². The maximum absolute atomic E-state index is 2.76. The van der Waals surface area contributed by atoms with Gasteiger partial charge in [-0.2, -0.15) is 0 Å². The molecule has 0 aromatic heterocycles. The van der Waals surface area contributed by atoms with Crippen molar-refractivity contribution in [1.29, 1.82) is 0 Å². The zero-order valence-electron chi connectivity index (χ0n) is 14.4. The van der Waals surface area contributed by atoms with E-state index in [4.69, 9.17) is 0 Å². The van der Waals surface area contributed by atoms with Crippen LogP contribution in [0.5, 0.6) is 0 Å². The van der Waals surface area contributed by atoms with Crippen LogP contribution in [-0.4, -0.2) is 48.6 Å². The van der Waals surface area contributed by atoms with Gasteiger partial charge in [-0.1, -0.05) is 20.8 Å². The van der Waals surface area contributed by atoms with Crippen LogP contribution in [0.2, 0.25) is 0 Å². The van der Waals surface area contributed by atoms with Gasteiger partial charge in [0.05, 0.1) is 0 Å². The highest BCUT2D eigenvalue weighted by atomic mass is 15.2. The van der Waals surface area contributed by atoms with Crippen molar-refractivity contribution in [3.8, 4) is 0 Å². The van der Waals surface area contributed by atoms with E-state index in [-0.39, 0.29) is 0 Å². The summed E-state index contributed by atoms with van der Waals surface area (Å²) in [7, 11) is 0. The summed E-state index contributed by atoms with van der Waals surface area (Å²) in [5, 5.41) is 0. The van der Waals surface area contributed by atoms with Crippen LogP contribution in [0.1, 0.15) is 53.9 Å². The van der Waals surface area contributed by atoms with Gasteiger partial charge in [-0.25, -0.2) is 0 Å². The van der Waals surface area contributed by atoms with Crippen LogP contribution in [0.25, 0.3) is 0 Å². The zero-order chi connectivity index (χ0) is 14.7. The topological polar surface area (TPSA) is 6.48 Å². The van der Waals surface area contributed by atoms with Crippen LogP contribution >= 0.6 is 0 Å². The van der Waals surface area contributed by atoms with Crippen LogP contribution < -0.4 is 0 Å². The Labute approximate surface area is 126 Å². The summed E-state index contributed by atoms with van der Waals surface area (Å²) in [6, 6.07) is 0.722. The van der Waals surface area contributed by atoms with Crippen LogP contribution in [-0.2, 0) is 0 Å². The molecule has 0 spiro atoms. The highest BCUT2D eigenvalue weighted by molar-refractivity contribution is 4.83. The molecule has 1 unspecified atom stereocenters. The summed E-state index contributed by atoms with van der Waals surface area (Å²) in [5.41, 5.74) is 0. The molecule has 0 saturated carbocycles. The molecule has 2 rings (SSSR count). The molecule has 2 aliphatic rings. The fourth-order valence-corrected chi connectivity index (χ4v) is 4.10. The quantitative estimate of drug-likeness (QED) is 0.774. The van der Waals surface area contributed by atoms with Crippen LogP contribution in [0.4, 0.5) is 0 Å². The van der Waals surface area contributed by atoms with Crippen molar-refractivity contribution in [2.75, 3.05) is 32.7 Å². The monoisotopic (exact) mass is 280 g/mol. The van der Waals surface area contributed by atoms with E-state index >= 15 is 0 Å². The number of piperidine rings is 2. The Balaban J connectivity index is 1.75. The van der Waals surface area contributed by atoms with E-state index in [1.54, 1.807) is 0 Å². The second kappa shape index (κ2) is 7.26. The normalized spacial score (nSPS) is 31.4. The molecular formula is C18H36N2. The van der Waals surface area contributed by atoms with E-state index < -0.39 is 0 Å². The first kappa shape index (κ1) is 16.3. The summed E-state index contributed by atoms with van der Waals surface area (Å²) in [4.78, 5) is 5.41. The van der Waals surface area contributed by atoms with Gasteiger partial charge in [-0.05, 0) is 76.4 Å². The van der Waals surface area contributed by atoms with Crippen LogP contribution in [0.3, 0.4) is 0 Å². The van der Waals surface area contributed by atoms with Gasteiger partial charge in [0.2, 0.25) is 0 Å². The molecule has 2 heterocycles. The number of likely N-dealkylation sites (tertiary alicyclic amines) is 2. The van der Waals surface area contributed by atoms with Gasteiger partial charge >= 0.3 is 0 Å². The fraction of sp³-hybridized carbons (Fsp3) is 1.00. The predicted octanol–water partition coefficient (Wildman–Crippen LogP) is 3.72. The maximum atomic E-state index is 2.76. The van der Waals surface area contributed by atoms with Crippen LogP contribution in [0.15, 0.2) is 0 Å². The molecule has 2 fully saturated rings. The third-order valence-corrected chi connectivity index (χ3v) is 5.91. The molecule has 0 N–H and O–H groups in total. The van der Waals surface area contributed by atoms with Crippen molar-refractivity contribution < 1.29 is 0 Å². The fourth-order valence-electron chi connectivity index (χ4n) is 4.10. The number of hydrogen-bond acceptors (Lipinski definition) is 2. The molecule has 2 heteroatoms. The maximum Gasteiger partial charge on any atom is 0.00387 e. The summed E-state index contributed by atoms with van der Waals surface area (Å²) in [6.07, 6.45) is 4.26. The molecule has 2 nitrogen and oxygen atoms in total. The lowest BCUT2D eigenvalue weighted by atomic mass is 9.83. The average Bonchev–Trinajstić information content (AvgIpc) is 2.41. The Morgan fingerprint density at radius 2 is 1.60 bits per heavy atom. The number of nitrogens with zero attached hydrogens (tertiary/aromatic N) is 2. The predicted molar refractivity (Wildman–Crippen MR) is 88.0 cm³/mol. The van der Waals surface area contributed by atoms with Gasteiger partial charge in [-0.3, -0.25) is 0 Å². The molecule has 0 bridgehead atoms. The lowest BCUT2D eigenvalue weighted by Gasteiger charge is -2.42. The summed E-state index contributed by atoms with van der Waals surface area (Å²) < 4.78 is 0. The Morgan fingerprint density at radius 1 is 0.950 bits per heavy atom. The van der Waals surface area contributed by atoms with Gasteiger partial charge < -0.3 is 9.80 Å². The molecule has 0 aliphatic carbocycles. The second-order valence-corrected chi connectivity index (χ2v) is 8.00. The molecule has 0 radical (unpaired) electrons. The lowest BCUT2D eigenvalue weighted by molar-refractivity contribution is 0.0632. The first-order valence-electron chi connectivity index (χ1n) is 8.93. The Morgan fingerprint density at radius 3 is 2.10 bits per heavy atom. The molecule has 0 amide bonds. The minimum atomic E-state index is 0.722. The van der Waals surface area contributed by atoms with E-state index in [1.165, 1.54) is 52.0 Å². The molecule has 118 valence electrons. The Kier molecular flexibility index (Phi) is 5.92. The number of rotatable bonds is 4. The molecule has 2 saturated heterocycles. The molecule has 0 aromatic carbocycles. The van der Waals surface area contributed by atoms with Crippen molar-refractivity contribution in [3.63, 3.8) is 0 Å². The Hall–Kier alpha value is -0.0800. The second-order valence-electron chi connectivity index (χ2n) is 8.00. The van der Waals surface area contributed by atoms with E-state index in [0.29, 0.717) is 0 Å².